The van der Waals surface area contributed by atoms with Crippen LogP contribution in [0.1, 0.15) is 31.9 Å². The Morgan fingerprint density at radius 3 is 2.76 bits per heavy atom. The van der Waals surface area contributed by atoms with E-state index in [9.17, 15) is 5.11 Å². The van der Waals surface area contributed by atoms with Crippen molar-refractivity contribution in [1.82, 2.24) is 4.98 Å². The van der Waals surface area contributed by atoms with Crippen molar-refractivity contribution in [2.75, 3.05) is 18.6 Å². The Bertz CT molecular complexity index is 364. The molecule has 17 heavy (non-hydrogen) atoms. The fourth-order valence-corrected chi connectivity index (χ4v) is 2.25. The SMILES string of the molecule is CC(O)c1ccc(N(C)C2CCOC2C)nc1. The second-order valence-electron chi connectivity index (χ2n) is 4.67. The number of aromatic nitrogens is 1. The molecule has 0 spiro atoms. The topological polar surface area (TPSA) is 45.6 Å². The Kier molecular flexibility index (Phi) is 3.64. The van der Waals surface area contributed by atoms with E-state index in [1.54, 1.807) is 13.1 Å². The molecule has 1 N–H and O–H groups in total. The van der Waals surface area contributed by atoms with Crippen molar-refractivity contribution in [2.45, 2.75) is 38.5 Å². The van der Waals surface area contributed by atoms with Gasteiger partial charge in [0, 0.05) is 19.9 Å². The highest BCUT2D eigenvalue weighted by molar-refractivity contribution is 5.40. The van der Waals surface area contributed by atoms with E-state index in [0.29, 0.717) is 6.04 Å². The van der Waals surface area contributed by atoms with Crippen molar-refractivity contribution in [3.8, 4) is 0 Å². The van der Waals surface area contributed by atoms with Crippen LogP contribution in [0.3, 0.4) is 0 Å². The van der Waals surface area contributed by atoms with Gasteiger partial charge in [0.05, 0.1) is 18.2 Å². The highest BCUT2D eigenvalue weighted by Crippen LogP contribution is 2.23. The first kappa shape index (κ1) is 12.3. The van der Waals surface area contributed by atoms with Crippen LogP contribution < -0.4 is 4.90 Å². The van der Waals surface area contributed by atoms with Gasteiger partial charge in [0.2, 0.25) is 0 Å². The molecule has 3 atom stereocenters. The smallest absolute Gasteiger partial charge is 0.128 e. The first-order chi connectivity index (χ1) is 8.09. The summed E-state index contributed by atoms with van der Waals surface area (Å²) in [5.41, 5.74) is 0.845. The zero-order chi connectivity index (χ0) is 12.4. The average molecular weight is 236 g/mol. The second-order valence-corrected chi connectivity index (χ2v) is 4.67. The van der Waals surface area contributed by atoms with E-state index in [4.69, 9.17) is 4.74 Å². The first-order valence-corrected chi connectivity index (χ1v) is 6.08. The molecule has 0 amide bonds. The standard InChI is InChI=1S/C13H20N2O2/c1-9(16)11-4-5-13(14-8-11)15(3)12-6-7-17-10(12)2/h4-5,8-10,12,16H,6-7H2,1-3H3. The number of anilines is 1. The number of nitrogens with zero attached hydrogens (tertiary/aromatic N) is 2. The van der Waals surface area contributed by atoms with Gasteiger partial charge in [-0.05, 0) is 31.9 Å². The van der Waals surface area contributed by atoms with Gasteiger partial charge in [-0.3, -0.25) is 0 Å². The lowest BCUT2D eigenvalue weighted by Crippen LogP contribution is -2.37. The lowest BCUT2D eigenvalue weighted by Gasteiger charge is -2.27. The molecule has 4 nitrogen and oxygen atoms in total. The fourth-order valence-electron chi connectivity index (χ4n) is 2.25. The van der Waals surface area contributed by atoms with Crippen LogP contribution in [0.4, 0.5) is 5.82 Å². The van der Waals surface area contributed by atoms with E-state index >= 15 is 0 Å². The predicted octanol–water partition coefficient (Wildman–Crippen LogP) is 1.75. The number of pyridine rings is 1. The van der Waals surface area contributed by atoms with E-state index in [2.05, 4.69) is 16.8 Å². The Labute approximate surface area is 102 Å². The molecule has 1 fully saturated rings. The van der Waals surface area contributed by atoms with E-state index in [0.717, 1.165) is 24.4 Å². The molecule has 94 valence electrons. The fraction of sp³-hybridized carbons (Fsp3) is 0.615. The lowest BCUT2D eigenvalue weighted by atomic mass is 10.1. The van der Waals surface area contributed by atoms with Crippen LogP contribution in [0.15, 0.2) is 18.3 Å². The maximum absolute atomic E-state index is 9.43. The summed E-state index contributed by atoms with van der Waals surface area (Å²) in [6.07, 6.45) is 2.56. The average Bonchev–Trinajstić information content (AvgIpc) is 2.74. The normalized spacial score (nSPS) is 25.9. The van der Waals surface area contributed by atoms with Gasteiger partial charge in [0.25, 0.3) is 0 Å². The Hall–Kier alpha value is -1.13. The van der Waals surface area contributed by atoms with Gasteiger partial charge in [-0.15, -0.1) is 0 Å². The van der Waals surface area contributed by atoms with Crippen LogP contribution in [-0.2, 0) is 4.74 Å². The Morgan fingerprint density at radius 1 is 1.53 bits per heavy atom. The molecule has 1 aromatic heterocycles. The number of hydrogen-bond acceptors (Lipinski definition) is 4. The van der Waals surface area contributed by atoms with Crippen molar-refractivity contribution in [1.29, 1.82) is 0 Å². The van der Waals surface area contributed by atoms with Gasteiger partial charge in [0.1, 0.15) is 5.82 Å². The molecule has 1 aromatic rings. The summed E-state index contributed by atoms with van der Waals surface area (Å²) in [6.45, 7) is 4.66. The van der Waals surface area contributed by atoms with Gasteiger partial charge in [-0.2, -0.15) is 0 Å². The summed E-state index contributed by atoms with van der Waals surface area (Å²) in [5, 5.41) is 9.43. The van der Waals surface area contributed by atoms with Crippen LogP contribution in [0.5, 0.6) is 0 Å². The number of ether oxygens (including phenoxy) is 1. The van der Waals surface area contributed by atoms with Crippen LogP contribution in [0, 0.1) is 0 Å². The van der Waals surface area contributed by atoms with Crippen molar-refractivity contribution in [3.05, 3.63) is 23.9 Å². The summed E-state index contributed by atoms with van der Waals surface area (Å²) >= 11 is 0. The van der Waals surface area contributed by atoms with Crippen LogP contribution in [0.2, 0.25) is 0 Å². The highest BCUT2D eigenvalue weighted by Gasteiger charge is 2.28. The molecule has 1 saturated heterocycles. The highest BCUT2D eigenvalue weighted by atomic mass is 16.5. The molecule has 1 aliphatic heterocycles. The zero-order valence-electron chi connectivity index (χ0n) is 10.6. The van der Waals surface area contributed by atoms with Crippen molar-refractivity contribution >= 4 is 5.82 Å². The molecule has 2 heterocycles. The molecule has 3 unspecified atom stereocenters. The van der Waals surface area contributed by atoms with Gasteiger partial charge in [0.15, 0.2) is 0 Å². The first-order valence-electron chi connectivity index (χ1n) is 6.08. The number of aliphatic hydroxyl groups excluding tert-OH is 1. The Balaban J connectivity index is 2.11. The summed E-state index contributed by atoms with van der Waals surface area (Å²) in [4.78, 5) is 6.55. The monoisotopic (exact) mass is 236 g/mol. The van der Waals surface area contributed by atoms with Gasteiger partial charge in [-0.1, -0.05) is 6.07 Å². The van der Waals surface area contributed by atoms with Crippen molar-refractivity contribution in [2.24, 2.45) is 0 Å². The third-order valence-corrected chi connectivity index (χ3v) is 3.45. The number of likely N-dealkylation sites (N-methyl/N-ethyl adjacent to an activating group) is 1. The predicted molar refractivity (Wildman–Crippen MR) is 67.1 cm³/mol. The van der Waals surface area contributed by atoms with Crippen molar-refractivity contribution in [3.63, 3.8) is 0 Å². The van der Waals surface area contributed by atoms with Crippen LogP contribution >= 0.6 is 0 Å². The molecular formula is C13H20N2O2. The van der Waals surface area contributed by atoms with E-state index in [1.165, 1.54) is 0 Å². The minimum absolute atomic E-state index is 0.248. The molecule has 0 bridgehead atoms. The van der Waals surface area contributed by atoms with Gasteiger partial charge >= 0.3 is 0 Å². The third kappa shape index (κ3) is 2.58. The van der Waals surface area contributed by atoms with Gasteiger partial charge < -0.3 is 14.7 Å². The summed E-state index contributed by atoms with van der Waals surface area (Å²) in [7, 11) is 2.04. The summed E-state index contributed by atoms with van der Waals surface area (Å²) in [6, 6.07) is 4.26. The zero-order valence-corrected chi connectivity index (χ0v) is 10.6. The largest absolute Gasteiger partial charge is 0.389 e. The van der Waals surface area contributed by atoms with Gasteiger partial charge in [-0.25, -0.2) is 4.98 Å². The lowest BCUT2D eigenvalue weighted by molar-refractivity contribution is 0.118. The van der Waals surface area contributed by atoms with E-state index in [1.807, 2.05) is 19.2 Å². The molecule has 4 heteroatoms. The third-order valence-electron chi connectivity index (χ3n) is 3.45. The second kappa shape index (κ2) is 5.02. The quantitative estimate of drug-likeness (QED) is 0.868. The molecule has 0 aromatic carbocycles. The molecular weight excluding hydrogens is 216 g/mol. The summed E-state index contributed by atoms with van der Waals surface area (Å²) in [5.74, 6) is 0.928. The number of rotatable bonds is 3. The van der Waals surface area contributed by atoms with Crippen molar-refractivity contribution < 1.29 is 9.84 Å². The summed E-state index contributed by atoms with van der Waals surface area (Å²) < 4.78 is 5.56. The molecule has 2 rings (SSSR count). The van der Waals surface area contributed by atoms with Crippen LogP contribution in [0.25, 0.3) is 0 Å². The molecule has 1 aliphatic rings. The minimum Gasteiger partial charge on any atom is -0.389 e. The molecule has 0 aliphatic carbocycles. The maximum atomic E-state index is 9.43. The van der Waals surface area contributed by atoms with E-state index < -0.39 is 6.10 Å². The Morgan fingerprint density at radius 2 is 2.29 bits per heavy atom. The van der Waals surface area contributed by atoms with E-state index in [-0.39, 0.29) is 6.10 Å². The van der Waals surface area contributed by atoms with Crippen LogP contribution in [-0.4, -0.2) is 35.9 Å². The number of aliphatic hydroxyl groups is 1. The molecule has 0 radical (unpaired) electrons. The maximum Gasteiger partial charge on any atom is 0.128 e. The minimum atomic E-state index is -0.462. The number of hydrogen-bond donors (Lipinski definition) is 1. The molecule has 0 saturated carbocycles.